The molecule has 5 nitrogen and oxygen atoms in total. The van der Waals surface area contributed by atoms with Gasteiger partial charge >= 0.3 is 5.97 Å². The molecule has 1 aromatic carbocycles. The first kappa shape index (κ1) is 14.0. The fourth-order valence-electron chi connectivity index (χ4n) is 1.18. The van der Waals surface area contributed by atoms with Crippen molar-refractivity contribution in [2.24, 2.45) is 0 Å². The molecule has 0 atom stereocenters. The number of carboxylic acids is 1. The minimum atomic E-state index is -1.22. The van der Waals surface area contributed by atoms with E-state index in [9.17, 15) is 14.0 Å². The van der Waals surface area contributed by atoms with E-state index in [1.807, 2.05) is 0 Å². The van der Waals surface area contributed by atoms with Crippen molar-refractivity contribution in [1.82, 2.24) is 4.90 Å². The topological polar surface area (TPSA) is 66.8 Å². The van der Waals surface area contributed by atoms with Crippen molar-refractivity contribution >= 4 is 11.9 Å². The molecule has 0 spiro atoms. The molecule has 6 heteroatoms. The summed E-state index contributed by atoms with van der Waals surface area (Å²) in [6.07, 6.45) is 0. The van der Waals surface area contributed by atoms with Crippen molar-refractivity contribution in [3.63, 3.8) is 0 Å². The third-order valence-corrected chi connectivity index (χ3v) is 2.43. The van der Waals surface area contributed by atoms with E-state index in [1.54, 1.807) is 14.0 Å². The highest BCUT2D eigenvalue weighted by Gasteiger charge is 2.12. The molecule has 0 saturated carbocycles. The van der Waals surface area contributed by atoms with E-state index in [2.05, 4.69) is 0 Å². The number of carboxylic acid groups (broad SMARTS) is 1. The summed E-state index contributed by atoms with van der Waals surface area (Å²) in [7, 11) is 1.61. The fourth-order valence-corrected chi connectivity index (χ4v) is 1.18. The van der Waals surface area contributed by atoms with Crippen LogP contribution in [0.4, 0.5) is 4.39 Å². The van der Waals surface area contributed by atoms with Crippen molar-refractivity contribution in [1.29, 1.82) is 0 Å². The van der Waals surface area contributed by atoms with Crippen LogP contribution in [0.15, 0.2) is 18.2 Å². The maximum absolute atomic E-state index is 13.4. The van der Waals surface area contributed by atoms with Gasteiger partial charge in [-0.25, -0.2) is 9.18 Å². The number of aromatic carboxylic acids is 1. The van der Waals surface area contributed by atoms with Crippen LogP contribution in [-0.4, -0.2) is 42.1 Å². The Kier molecular flexibility index (Phi) is 4.65. The molecule has 0 saturated heterocycles. The van der Waals surface area contributed by atoms with E-state index in [-0.39, 0.29) is 23.8 Å². The normalized spacial score (nSPS) is 9.94. The molecule has 1 rings (SSSR count). The predicted molar refractivity (Wildman–Crippen MR) is 62.2 cm³/mol. The third-order valence-electron chi connectivity index (χ3n) is 2.43. The molecular weight excluding hydrogens is 241 g/mol. The number of carbonyl (C=O) groups excluding carboxylic acids is 1. The molecule has 0 aliphatic rings. The maximum Gasteiger partial charge on any atom is 0.335 e. The number of halogens is 1. The van der Waals surface area contributed by atoms with E-state index < -0.39 is 11.8 Å². The maximum atomic E-state index is 13.4. The summed E-state index contributed by atoms with van der Waals surface area (Å²) in [6.45, 7) is 2.05. The number of hydrogen-bond acceptors (Lipinski definition) is 3. The van der Waals surface area contributed by atoms with Gasteiger partial charge in [-0.15, -0.1) is 0 Å². The Balaban J connectivity index is 2.69. The summed E-state index contributed by atoms with van der Waals surface area (Å²) in [5.74, 6) is -2.44. The number of carbonyl (C=O) groups is 2. The molecule has 0 heterocycles. The van der Waals surface area contributed by atoms with E-state index in [0.717, 1.165) is 6.07 Å². The van der Waals surface area contributed by atoms with Crippen molar-refractivity contribution < 1.29 is 23.8 Å². The number of hydrogen-bond donors (Lipinski definition) is 1. The molecule has 18 heavy (non-hydrogen) atoms. The van der Waals surface area contributed by atoms with Gasteiger partial charge in [-0.1, -0.05) is 0 Å². The largest absolute Gasteiger partial charge is 0.481 e. The van der Waals surface area contributed by atoms with E-state index >= 15 is 0 Å². The van der Waals surface area contributed by atoms with Gasteiger partial charge in [-0.2, -0.15) is 0 Å². The Labute approximate surface area is 104 Å². The number of likely N-dealkylation sites (N-methyl/N-ethyl adjacent to an activating group) is 1. The number of nitrogens with zero attached hydrogens (tertiary/aromatic N) is 1. The summed E-state index contributed by atoms with van der Waals surface area (Å²) in [4.78, 5) is 23.4. The predicted octanol–water partition coefficient (Wildman–Crippen LogP) is 1.38. The molecule has 0 fully saturated rings. The van der Waals surface area contributed by atoms with Crippen LogP contribution < -0.4 is 4.74 Å². The monoisotopic (exact) mass is 255 g/mol. The van der Waals surface area contributed by atoms with Gasteiger partial charge in [0.2, 0.25) is 0 Å². The molecule has 1 amide bonds. The lowest BCUT2D eigenvalue weighted by Crippen LogP contribution is -2.31. The Morgan fingerprint density at radius 1 is 1.44 bits per heavy atom. The second-order valence-corrected chi connectivity index (χ2v) is 3.65. The van der Waals surface area contributed by atoms with Gasteiger partial charge in [0.05, 0.1) is 5.56 Å². The van der Waals surface area contributed by atoms with E-state index in [1.165, 1.54) is 17.0 Å². The molecule has 0 bridgehead atoms. The average molecular weight is 255 g/mol. The fraction of sp³-hybridized carbons (Fsp3) is 0.333. The molecule has 1 N–H and O–H groups in total. The second-order valence-electron chi connectivity index (χ2n) is 3.65. The van der Waals surface area contributed by atoms with Crippen LogP contribution in [0.25, 0.3) is 0 Å². The minimum absolute atomic E-state index is 0.141. The Morgan fingerprint density at radius 3 is 2.61 bits per heavy atom. The first-order chi connectivity index (χ1) is 8.45. The Morgan fingerprint density at radius 2 is 2.11 bits per heavy atom. The summed E-state index contributed by atoms with van der Waals surface area (Å²) >= 11 is 0. The standard InChI is InChI=1S/C12H14FNO4/c1-3-14(2)11(15)7-18-10-5-4-8(12(16)17)6-9(10)13/h4-6H,3,7H2,1-2H3,(H,16,17). The zero-order chi connectivity index (χ0) is 13.7. The van der Waals surface area contributed by atoms with Crippen molar-refractivity contribution in [2.45, 2.75) is 6.92 Å². The summed E-state index contributed by atoms with van der Waals surface area (Å²) in [5, 5.41) is 8.65. The smallest absolute Gasteiger partial charge is 0.335 e. The number of rotatable bonds is 5. The van der Waals surface area contributed by atoms with Gasteiger partial charge in [0.1, 0.15) is 0 Å². The molecule has 0 radical (unpaired) electrons. The zero-order valence-electron chi connectivity index (χ0n) is 10.1. The molecule has 0 unspecified atom stereocenters. The van der Waals surface area contributed by atoms with Crippen LogP contribution in [-0.2, 0) is 4.79 Å². The SMILES string of the molecule is CCN(C)C(=O)COc1ccc(C(=O)O)cc1F. The molecule has 0 aliphatic carbocycles. The first-order valence-electron chi connectivity index (χ1n) is 5.35. The first-order valence-corrected chi connectivity index (χ1v) is 5.35. The summed E-state index contributed by atoms with van der Waals surface area (Å²) < 4.78 is 18.4. The third kappa shape index (κ3) is 3.44. The second kappa shape index (κ2) is 6.00. The van der Waals surface area contributed by atoms with Crippen molar-refractivity contribution in [3.8, 4) is 5.75 Å². The number of benzene rings is 1. The lowest BCUT2D eigenvalue weighted by atomic mass is 10.2. The van der Waals surface area contributed by atoms with Gasteiger partial charge < -0.3 is 14.7 Å². The number of ether oxygens (including phenoxy) is 1. The van der Waals surface area contributed by atoms with Crippen LogP contribution >= 0.6 is 0 Å². The van der Waals surface area contributed by atoms with Crippen LogP contribution in [0.1, 0.15) is 17.3 Å². The molecular formula is C12H14FNO4. The lowest BCUT2D eigenvalue weighted by molar-refractivity contribution is -0.131. The van der Waals surface area contributed by atoms with Gasteiger partial charge in [0.25, 0.3) is 5.91 Å². The minimum Gasteiger partial charge on any atom is -0.481 e. The van der Waals surface area contributed by atoms with Crippen LogP contribution in [0.2, 0.25) is 0 Å². The van der Waals surface area contributed by atoms with Gasteiger partial charge in [0, 0.05) is 13.6 Å². The van der Waals surface area contributed by atoms with Crippen molar-refractivity contribution in [2.75, 3.05) is 20.2 Å². The van der Waals surface area contributed by atoms with Crippen LogP contribution in [0, 0.1) is 5.82 Å². The zero-order valence-corrected chi connectivity index (χ0v) is 10.1. The summed E-state index contributed by atoms with van der Waals surface area (Å²) in [5.41, 5.74) is -0.170. The highest BCUT2D eigenvalue weighted by Crippen LogP contribution is 2.18. The van der Waals surface area contributed by atoms with Crippen LogP contribution in [0.3, 0.4) is 0 Å². The highest BCUT2D eigenvalue weighted by atomic mass is 19.1. The van der Waals surface area contributed by atoms with Gasteiger partial charge in [-0.05, 0) is 25.1 Å². The van der Waals surface area contributed by atoms with E-state index in [0.29, 0.717) is 6.54 Å². The van der Waals surface area contributed by atoms with Gasteiger partial charge in [0.15, 0.2) is 18.2 Å². The molecule has 1 aromatic rings. The lowest BCUT2D eigenvalue weighted by Gasteiger charge is -2.15. The highest BCUT2D eigenvalue weighted by molar-refractivity contribution is 5.87. The summed E-state index contributed by atoms with van der Waals surface area (Å²) in [6, 6.07) is 3.26. The number of amides is 1. The van der Waals surface area contributed by atoms with Crippen LogP contribution in [0.5, 0.6) is 5.75 Å². The Bertz CT molecular complexity index is 461. The van der Waals surface area contributed by atoms with Crippen molar-refractivity contribution in [3.05, 3.63) is 29.6 Å². The molecule has 98 valence electrons. The quantitative estimate of drug-likeness (QED) is 0.863. The molecule has 0 aromatic heterocycles. The Hall–Kier alpha value is -2.11. The van der Waals surface area contributed by atoms with Gasteiger partial charge in [-0.3, -0.25) is 4.79 Å². The van der Waals surface area contributed by atoms with E-state index in [4.69, 9.17) is 9.84 Å². The molecule has 0 aliphatic heterocycles. The average Bonchev–Trinajstić information content (AvgIpc) is 2.35.